The van der Waals surface area contributed by atoms with Gasteiger partial charge in [-0.2, -0.15) is 0 Å². The highest BCUT2D eigenvalue weighted by molar-refractivity contribution is 5.95. The summed E-state index contributed by atoms with van der Waals surface area (Å²) in [5.74, 6) is 0.949. The Balaban J connectivity index is 1.71. The second-order valence-corrected chi connectivity index (χ2v) is 7.41. The van der Waals surface area contributed by atoms with Gasteiger partial charge in [-0.15, -0.1) is 6.58 Å². The molecule has 1 aliphatic rings. The molecule has 0 radical (unpaired) electrons. The summed E-state index contributed by atoms with van der Waals surface area (Å²) in [6, 6.07) is 10.2. The quantitative estimate of drug-likeness (QED) is 0.647. The van der Waals surface area contributed by atoms with Crippen molar-refractivity contribution in [3.05, 3.63) is 71.6 Å². The van der Waals surface area contributed by atoms with Crippen molar-refractivity contribution in [2.24, 2.45) is 0 Å². The number of carbonyl (C=O) groups is 1. The minimum absolute atomic E-state index is 0.00935. The van der Waals surface area contributed by atoms with Crippen LogP contribution < -0.4 is 9.47 Å². The van der Waals surface area contributed by atoms with E-state index in [9.17, 15) is 9.18 Å². The van der Waals surface area contributed by atoms with Crippen LogP contribution in [0.4, 0.5) is 4.39 Å². The number of carbonyl (C=O) groups excluding carboxylic acids is 1. The number of benzene rings is 2. The molecule has 0 atom stereocenters. The summed E-state index contributed by atoms with van der Waals surface area (Å²) in [7, 11) is 3.17. The van der Waals surface area contributed by atoms with Gasteiger partial charge in [0.15, 0.2) is 11.5 Å². The van der Waals surface area contributed by atoms with Gasteiger partial charge in [0.1, 0.15) is 5.82 Å². The first-order valence-corrected chi connectivity index (χ1v) is 10.2. The molecule has 1 fully saturated rings. The van der Waals surface area contributed by atoms with Crippen molar-refractivity contribution in [2.75, 3.05) is 40.4 Å². The molecule has 1 saturated heterocycles. The first kappa shape index (κ1) is 21.8. The predicted octanol–water partition coefficient (Wildman–Crippen LogP) is 3.92. The van der Waals surface area contributed by atoms with Gasteiger partial charge in [0.2, 0.25) is 0 Å². The van der Waals surface area contributed by atoms with E-state index in [-0.39, 0.29) is 11.7 Å². The number of methoxy groups -OCH3 is 2. The summed E-state index contributed by atoms with van der Waals surface area (Å²) >= 11 is 0. The van der Waals surface area contributed by atoms with Gasteiger partial charge in [0.25, 0.3) is 5.91 Å². The predicted molar refractivity (Wildman–Crippen MR) is 116 cm³/mol. The van der Waals surface area contributed by atoms with Crippen molar-refractivity contribution in [2.45, 2.75) is 19.4 Å². The molecule has 1 amide bonds. The Labute approximate surface area is 177 Å². The second kappa shape index (κ2) is 10.3. The van der Waals surface area contributed by atoms with E-state index in [2.05, 4.69) is 11.5 Å². The van der Waals surface area contributed by atoms with Crippen LogP contribution >= 0.6 is 0 Å². The summed E-state index contributed by atoms with van der Waals surface area (Å²) in [4.78, 5) is 17.4. The Hall–Kier alpha value is -2.86. The van der Waals surface area contributed by atoms with Crippen LogP contribution in [0.25, 0.3) is 0 Å². The zero-order chi connectivity index (χ0) is 21.5. The van der Waals surface area contributed by atoms with E-state index in [1.165, 1.54) is 12.1 Å². The van der Waals surface area contributed by atoms with Gasteiger partial charge in [0.05, 0.1) is 14.2 Å². The van der Waals surface area contributed by atoms with Gasteiger partial charge in [-0.05, 0) is 42.7 Å². The van der Waals surface area contributed by atoms with Gasteiger partial charge >= 0.3 is 0 Å². The van der Waals surface area contributed by atoms with Crippen molar-refractivity contribution in [1.82, 2.24) is 9.80 Å². The van der Waals surface area contributed by atoms with Crippen LogP contribution in [-0.2, 0) is 13.0 Å². The molecule has 0 aromatic heterocycles. The van der Waals surface area contributed by atoms with Crippen LogP contribution in [0.3, 0.4) is 0 Å². The molecule has 3 rings (SSSR count). The average molecular weight is 413 g/mol. The van der Waals surface area contributed by atoms with E-state index in [4.69, 9.17) is 9.47 Å². The summed E-state index contributed by atoms with van der Waals surface area (Å²) in [6.45, 7) is 7.56. The van der Waals surface area contributed by atoms with Gasteiger partial charge < -0.3 is 14.4 Å². The zero-order valence-corrected chi connectivity index (χ0v) is 17.7. The Bertz CT molecular complexity index is 883. The number of hydrogen-bond acceptors (Lipinski definition) is 4. The van der Waals surface area contributed by atoms with E-state index < -0.39 is 0 Å². The third-order valence-electron chi connectivity index (χ3n) is 5.36. The third-order valence-corrected chi connectivity index (χ3v) is 5.36. The van der Waals surface area contributed by atoms with Crippen LogP contribution in [0, 0.1) is 5.82 Å². The lowest BCUT2D eigenvalue weighted by Gasteiger charge is -2.23. The lowest BCUT2D eigenvalue weighted by atomic mass is 10.0. The molecule has 30 heavy (non-hydrogen) atoms. The molecule has 2 aromatic carbocycles. The molecule has 1 heterocycles. The summed E-state index contributed by atoms with van der Waals surface area (Å²) in [5.41, 5.74) is 2.55. The van der Waals surface area contributed by atoms with E-state index in [1.807, 2.05) is 23.1 Å². The van der Waals surface area contributed by atoms with Crippen molar-refractivity contribution in [3.8, 4) is 11.5 Å². The summed E-state index contributed by atoms with van der Waals surface area (Å²) < 4.78 is 24.1. The zero-order valence-electron chi connectivity index (χ0n) is 17.7. The molecule has 0 bridgehead atoms. The van der Waals surface area contributed by atoms with Crippen molar-refractivity contribution >= 4 is 5.91 Å². The molecule has 0 saturated carbocycles. The maximum atomic E-state index is 13.2. The Morgan fingerprint density at radius 3 is 2.53 bits per heavy atom. The fourth-order valence-electron chi connectivity index (χ4n) is 3.84. The molecule has 0 spiro atoms. The number of amides is 1. The molecular weight excluding hydrogens is 383 g/mol. The smallest absolute Gasteiger partial charge is 0.254 e. The van der Waals surface area contributed by atoms with Crippen LogP contribution in [-0.4, -0.2) is 56.1 Å². The van der Waals surface area contributed by atoms with E-state index in [1.54, 1.807) is 26.4 Å². The number of allylic oxidation sites excluding steroid dienone is 1. The van der Waals surface area contributed by atoms with Crippen molar-refractivity contribution in [3.63, 3.8) is 0 Å². The van der Waals surface area contributed by atoms with E-state index in [0.29, 0.717) is 36.6 Å². The second-order valence-electron chi connectivity index (χ2n) is 7.41. The van der Waals surface area contributed by atoms with Crippen LogP contribution in [0.5, 0.6) is 11.5 Å². The number of nitrogens with zero attached hydrogens (tertiary/aromatic N) is 2. The highest BCUT2D eigenvalue weighted by Crippen LogP contribution is 2.33. The van der Waals surface area contributed by atoms with Gasteiger partial charge in [-0.3, -0.25) is 9.69 Å². The van der Waals surface area contributed by atoms with Gasteiger partial charge in [-0.1, -0.05) is 18.2 Å². The van der Waals surface area contributed by atoms with E-state index >= 15 is 0 Å². The Kier molecular flexibility index (Phi) is 7.46. The molecule has 6 heteroatoms. The molecular formula is C24H29FN2O3. The molecule has 0 N–H and O–H groups in total. The molecule has 0 unspecified atom stereocenters. The highest BCUT2D eigenvalue weighted by atomic mass is 19.1. The summed E-state index contributed by atoms with van der Waals surface area (Å²) in [6.07, 6.45) is 3.26. The lowest BCUT2D eigenvalue weighted by molar-refractivity contribution is 0.0760. The van der Waals surface area contributed by atoms with Crippen LogP contribution in [0.1, 0.15) is 27.9 Å². The van der Waals surface area contributed by atoms with Gasteiger partial charge in [-0.25, -0.2) is 4.39 Å². The number of hydrogen-bond donors (Lipinski definition) is 0. The standard InChI is InChI=1S/C24H29FN2O3/c1-4-6-19-15-20(16-22(29-2)23(19)30-3)24(28)27-12-5-11-26(13-14-27)17-18-7-9-21(25)10-8-18/h4,7-10,15-16H,1,5-6,11-14,17H2,2-3H3. The summed E-state index contributed by atoms with van der Waals surface area (Å²) in [5, 5.41) is 0. The molecule has 1 aliphatic heterocycles. The normalized spacial score (nSPS) is 14.8. The highest BCUT2D eigenvalue weighted by Gasteiger charge is 2.23. The fraction of sp³-hybridized carbons (Fsp3) is 0.375. The Morgan fingerprint density at radius 1 is 1.10 bits per heavy atom. The Morgan fingerprint density at radius 2 is 1.87 bits per heavy atom. The van der Waals surface area contributed by atoms with Crippen molar-refractivity contribution < 1.29 is 18.7 Å². The average Bonchev–Trinajstić information content (AvgIpc) is 3.00. The SMILES string of the molecule is C=CCc1cc(C(=O)N2CCCN(Cc3ccc(F)cc3)CC2)cc(OC)c1OC. The first-order chi connectivity index (χ1) is 14.5. The minimum Gasteiger partial charge on any atom is -0.493 e. The lowest BCUT2D eigenvalue weighted by Crippen LogP contribution is -2.35. The largest absolute Gasteiger partial charge is 0.493 e. The molecule has 160 valence electrons. The first-order valence-electron chi connectivity index (χ1n) is 10.2. The number of halogens is 1. The van der Waals surface area contributed by atoms with E-state index in [0.717, 1.165) is 37.2 Å². The van der Waals surface area contributed by atoms with Crippen LogP contribution in [0.15, 0.2) is 49.1 Å². The number of rotatable bonds is 7. The van der Waals surface area contributed by atoms with Crippen LogP contribution in [0.2, 0.25) is 0 Å². The molecule has 0 aliphatic carbocycles. The van der Waals surface area contributed by atoms with Gasteiger partial charge in [0, 0.05) is 43.9 Å². The number of ether oxygens (including phenoxy) is 2. The maximum absolute atomic E-state index is 13.2. The fourth-order valence-corrected chi connectivity index (χ4v) is 3.84. The minimum atomic E-state index is -0.225. The monoisotopic (exact) mass is 412 g/mol. The topological polar surface area (TPSA) is 42.0 Å². The third kappa shape index (κ3) is 5.19. The van der Waals surface area contributed by atoms with Crippen molar-refractivity contribution in [1.29, 1.82) is 0 Å². The molecule has 2 aromatic rings. The molecule has 5 nitrogen and oxygen atoms in total. The maximum Gasteiger partial charge on any atom is 0.254 e.